The Kier molecular flexibility index (Phi) is 3.62. The molecule has 27 heavy (non-hydrogen) atoms. The normalized spacial score (nSPS) is 19.8. The molecule has 2 aliphatic rings. The standard InChI is InChI=1S/C22H23NO4/c1-27-22-10-17-15-8-20(25)19(24)7-14(15)13-6-12-4-2-3-5-23(12)11-18(13)16(17)9-21(22)26/h7-10,12,24-26H,2-6,11H2,1H3. The summed E-state index contributed by atoms with van der Waals surface area (Å²) in [5.41, 5.74) is 2.43. The van der Waals surface area contributed by atoms with Gasteiger partial charge in [-0.15, -0.1) is 0 Å². The zero-order valence-electron chi connectivity index (χ0n) is 15.3. The van der Waals surface area contributed by atoms with Crippen molar-refractivity contribution in [1.82, 2.24) is 4.90 Å². The molecule has 2 heterocycles. The smallest absolute Gasteiger partial charge is 0.161 e. The average Bonchev–Trinajstić information content (AvgIpc) is 2.68. The zero-order chi connectivity index (χ0) is 18.7. The van der Waals surface area contributed by atoms with Crippen molar-refractivity contribution in [2.24, 2.45) is 0 Å². The summed E-state index contributed by atoms with van der Waals surface area (Å²) in [6.07, 6.45) is 4.60. The van der Waals surface area contributed by atoms with Crippen molar-refractivity contribution in [2.75, 3.05) is 13.7 Å². The van der Waals surface area contributed by atoms with E-state index in [-0.39, 0.29) is 17.2 Å². The van der Waals surface area contributed by atoms with Crippen LogP contribution in [0.5, 0.6) is 23.0 Å². The molecule has 1 atom stereocenters. The summed E-state index contributed by atoms with van der Waals surface area (Å²) < 4.78 is 5.31. The summed E-state index contributed by atoms with van der Waals surface area (Å²) in [6.45, 7) is 1.95. The topological polar surface area (TPSA) is 73.2 Å². The molecule has 2 aliphatic heterocycles. The molecule has 3 N–H and O–H groups in total. The fraction of sp³-hybridized carbons (Fsp3) is 0.364. The lowest BCUT2D eigenvalue weighted by molar-refractivity contribution is 0.128. The van der Waals surface area contributed by atoms with E-state index in [2.05, 4.69) is 4.90 Å². The highest BCUT2D eigenvalue weighted by molar-refractivity contribution is 6.12. The number of ether oxygens (including phenoxy) is 1. The second kappa shape index (κ2) is 5.92. The number of benzene rings is 3. The summed E-state index contributed by atoms with van der Waals surface area (Å²) in [7, 11) is 1.53. The number of hydrogen-bond acceptors (Lipinski definition) is 5. The molecule has 0 aromatic heterocycles. The van der Waals surface area contributed by atoms with E-state index in [4.69, 9.17) is 4.74 Å². The molecule has 1 unspecified atom stereocenters. The van der Waals surface area contributed by atoms with Gasteiger partial charge in [-0.2, -0.15) is 0 Å². The number of phenolic OH excluding ortho intramolecular Hbond substituents is 3. The number of fused-ring (bicyclic) bond motifs is 7. The van der Waals surface area contributed by atoms with Gasteiger partial charge in [0.25, 0.3) is 0 Å². The molecule has 1 saturated heterocycles. The minimum absolute atomic E-state index is 0.0964. The number of rotatable bonds is 1. The van der Waals surface area contributed by atoms with E-state index < -0.39 is 0 Å². The molecule has 3 aromatic rings. The summed E-state index contributed by atoms with van der Waals surface area (Å²) in [6, 6.07) is 7.43. The lowest BCUT2D eigenvalue weighted by Crippen LogP contribution is -2.43. The number of piperidine rings is 1. The van der Waals surface area contributed by atoms with Crippen LogP contribution in [0.2, 0.25) is 0 Å². The third-order valence-corrected chi connectivity index (χ3v) is 6.29. The van der Waals surface area contributed by atoms with Gasteiger partial charge in [-0.1, -0.05) is 6.42 Å². The molecule has 0 saturated carbocycles. The highest BCUT2D eigenvalue weighted by Gasteiger charge is 2.31. The Bertz CT molecular complexity index is 1080. The van der Waals surface area contributed by atoms with Crippen molar-refractivity contribution >= 4 is 21.5 Å². The zero-order valence-corrected chi connectivity index (χ0v) is 15.3. The van der Waals surface area contributed by atoms with Crippen molar-refractivity contribution in [1.29, 1.82) is 0 Å². The van der Waals surface area contributed by atoms with Crippen LogP contribution < -0.4 is 4.74 Å². The Hall–Kier alpha value is -2.66. The molecule has 5 rings (SSSR count). The Morgan fingerprint density at radius 1 is 0.852 bits per heavy atom. The Balaban J connectivity index is 1.88. The van der Waals surface area contributed by atoms with Gasteiger partial charge in [0.05, 0.1) is 7.11 Å². The van der Waals surface area contributed by atoms with Gasteiger partial charge in [0.1, 0.15) is 0 Å². The number of phenols is 3. The first kappa shape index (κ1) is 16.5. The predicted molar refractivity (Wildman–Crippen MR) is 105 cm³/mol. The second-order valence-electron chi connectivity index (χ2n) is 7.74. The maximum Gasteiger partial charge on any atom is 0.161 e. The SMILES string of the molecule is COc1cc2c(cc1O)c1c(c3cc(O)c(O)cc32)CC2CCCCN2C1. The lowest BCUT2D eigenvalue weighted by Gasteiger charge is -2.41. The van der Waals surface area contributed by atoms with Crippen LogP contribution in [-0.4, -0.2) is 39.9 Å². The van der Waals surface area contributed by atoms with E-state index in [9.17, 15) is 15.3 Å². The van der Waals surface area contributed by atoms with Crippen molar-refractivity contribution in [2.45, 2.75) is 38.3 Å². The van der Waals surface area contributed by atoms with Gasteiger partial charge in [-0.25, -0.2) is 0 Å². The molecule has 0 radical (unpaired) electrons. The third kappa shape index (κ3) is 2.42. The molecule has 5 nitrogen and oxygen atoms in total. The van der Waals surface area contributed by atoms with E-state index in [1.165, 1.54) is 37.5 Å². The fourth-order valence-electron chi connectivity index (χ4n) is 4.93. The van der Waals surface area contributed by atoms with Crippen LogP contribution in [0, 0.1) is 0 Å². The van der Waals surface area contributed by atoms with Gasteiger partial charge in [0.2, 0.25) is 0 Å². The number of aromatic hydroxyl groups is 3. The first-order valence-corrected chi connectivity index (χ1v) is 9.51. The quantitative estimate of drug-likeness (QED) is 0.449. The lowest BCUT2D eigenvalue weighted by atomic mass is 9.82. The van der Waals surface area contributed by atoms with Crippen LogP contribution >= 0.6 is 0 Å². The van der Waals surface area contributed by atoms with E-state index in [0.717, 1.165) is 41.1 Å². The number of hydrogen-bond donors (Lipinski definition) is 3. The maximum atomic E-state index is 10.4. The molecule has 140 valence electrons. The van der Waals surface area contributed by atoms with E-state index in [0.29, 0.717) is 11.8 Å². The fourth-order valence-corrected chi connectivity index (χ4v) is 4.93. The molecule has 3 aromatic carbocycles. The van der Waals surface area contributed by atoms with Crippen LogP contribution in [0.3, 0.4) is 0 Å². The molecule has 0 amide bonds. The molecule has 1 fully saturated rings. The molecular formula is C22H23NO4. The van der Waals surface area contributed by atoms with Crippen molar-refractivity contribution in [3.05, 3.63) is 35.4 Å². The third-order valence-electron chi connectivity index (χ3n) is 6.29. The summed E-state index contributed by atoms with van der Waals surface area (Å²) in [5.74, 6) is 0.296. The Labute approximate surface area is 157 Å². The molecule has 0 spiro atoms. The molecule has 0 aliphatic carbocycles. The van der Waals surface area contributed by atoms with Gasteiger partial charge in [0, 0.05) is 12.6 Å². The minimum atomic E-state index is -0.133. The van der Waals surface area contributed by atoms with Crippen LogP contribution in [0.1, 0.15) is 30.4 Å². The van der Waals surface area contributed by atoms with Gasteiger partial charge in [0.15, 0.2) is 23.0 Å². The van der Waals surface area contributed by atoms with Crippen LogP contribution in [0.4, 0.5) is 0 Å². The van der Waals surface area contributed by atoms with Gasteiger partial charge >= 0.3 is 0 Å². The van der Waals surface area contributed by atoms with Crippen LogP contribution in [0.15, 0.2) is 24.3 Å². The second-order valence-corrected chi connectivity index (χ2v) is 7.74. The highest BCUT2D eigenvalue weighted by atomic mass is 16.5. The highest BCUT2D eigenvalue weighted by Crippen LogP contribution is 2.45. The summed E-state index contributed by atoms with van der Waals surface area (Å²) in [5, 5.41) is 34.4. The van der Waals surface area contributed by atoms with Crippen LogP contribution in [-0.2, 0) is 13.0 Å². The van der Waals surface area contributed by atoms with Crippen molar-refractivity contribution in [3.8, 4) is 23.0 Å². The summed E-state index contributed by atoms with van der Waals surface area (Å²) >= 11 is 0. The molecular weight excluding hydrogens is 342 g/mol. The molecule has 0 bridgehead atoms. The van der Waals surface area contributed by atoms with Crippen LogP contribution in [0.25, 0.3) is 21.5 Å². The molecule has 5 heteroatoms. The van der Waals surface area contributed by atoms with Gasteiger partial charge in [-0.3, -0.25) is 4.90 Å². The van der Waals surface area contributed by atoms with Gasteiger partial charge in [-0.05, 0) is 82.7 Å². The minimum Gasteiger partial charge on any atom is -0.504 e. The van der Waals surface area contributed by atoms with E-state index in [1.54, 1.807) is 18.2 Å². The van der Waals surface area contributed by atoms with E-state index >= 15 is 0 Å². The largest absolute Gasteiger partial charge is 0.504 e. The average molecular weight is 365 g/mol. The first-order chi connectivity index (χ1) is 13.1. The Morgan fingerprint density at radius 2 is 1.52 bits per heavy atom. The van der Waals surface area contributed by atoms with Gasteiger partial charge < -0.3 is 20.1 Å². The number of nitrogens with zero attached hydrogens (tertiary/aromatic N) is 1. The Morgan fingerprint density at radius 3 is 2.30 bits per heavy atom. The van der Waals surface area contributed by atoms with Crippen molar-refractivity contribution in [3.63, 3.8) is 0 Å². The van der Waals surface area contributed by atoms with E-state index in [1.807, 2.05) is 6.07 Å². The van der Waals surface area contributed by atoms with Crippen molar-refractivity contribution < 1.29 is 20.1 Å². The maximum absolute atomic E-state index is 10.4. The number of methoxy groups -OCH3 is 1. The predicted octanol–water partition coefficient (Wildman–Crippen LogP) is 4.03. The monoisotopic (exact) mass is 365 g/mol. The summed E-state index contributed by atoms with van der Waals surface area (Å²) in [4.78, 5) is 2.54. The first-order valence-electron chi connectivity index (χ1n) is 9.51.